The molecule has 2 aliphatic heterocycles. The fourth-order valence-corrected chi connectivity index (χ4v) is 4.28. The molecule has 0 spiro atoms. The molecule has 0 unspecified atom stereocenters. The highest BCUT2D eigenvalue weighted by Gasteiger charge is 2.38. The SMILES string of the molecule is CCOC(=O)N(c1c(C(=O)N(C)OC)oc2cnc(C3=CCN=C3)cc12)[C@H]1CCO[C@@H](CC)C1. The van der Waals surface area contributed by atoms with Crippen LogP contribution in [0.3, 0.4) is 0 Å². The van der Waals surface area contributed by atoms with E-state index < -0.39 is 12.0 Å². The van der Waals surface area contributed by atoms with E-state index in [1.807, 2.05) is 19.1 Å². The molecule has 0 saturated carbocycles. The van der Waals surface area contributed by atoms with Gasteiger partial charge in [0.25, 0.3) is 0 Å². The molecule has 0 bridgehead atoms. The van der Waals surface area contributed by atoms with Crippen LogP contribution in [0.4, 0.5) is 10.5 Å². The molecule has 0 N–H and O–H groups in total. The largest absolute Gasteiger partial charge is 0.449 e. The number of pyridine rings is 1. The number of hydroxylamine groups is 2. The van der Waals surface area contributed by atoms with Crippen molar-refractivity contribution in [3.63, 3.8) is 0 Å². The summed E-state index contributed by atoms with van der Waals surface area (Å²) < 4.78 is 17.3. The molecule has 0 aromatic carbocycles. The Labute approximate surface area is 198 Å². The number of fused-ring (bicyclic) bond motifs is 1. The van der Waals surface area contributed by atoms with Gasteiger partial charge in [-0.2, -0.15) is 0 Å². The molecule has 4 rings (SSSR count). The van der Waals surface area contributed by atoms with Crippen molar-refractivity contribution in [1.29, 1.82) is 0 Å². The molecule has 2 aliphatic rings. The van der Waals surface area contributed by atoms with Crippen LogP contribution in [0.5, 0.6) is 0 Å². The van der Waals surface area contributed by atoms with Gasteiger partial charge in [-0.1, -0.05) is 13.0 Å². The van der Waals surface area contributed by atoms with Crippen molar-refractivity contribution >= 4 is 40.4 Å². The minimum Gasteiger partial charge on any atom is -0.449 e. The lowest BCUT2D eigenvalue weighted by molar-refractivity contribution is -0.0772. The Bertz CT molecular complexity index is 1120. The summed E-state index contributed by atoms with van der Waals surface area (Å²) in [6, 6.07) is 1.59. The maximum Gasteiger partial charge on any atom is 0.414 e. The highest BCUT2D eigenvalue weighted by Crippen LogP contribution is 2.39. The van der Waals surface area contributed by atoms with E-state index in [1.165, 1.54) is 14.2 Å². The average molecular weight is 471 g/mol. The summed E-state index contributed by atoms with van der Waals surface area (Å²) in [6.07, 6.45) is 6.79. The Morgan fingerprint density at radius 3 is 2.79 bits per heavy atom. The number of aromatic nitrogens is 1. The molecule has 2 aromatic heterocycles. The summed E-state index contributed by atoms with van der Waals surface area (Å²) in [5.41, 5.74) is 2.28. The van der Waals surface area contributed by atoms with Crippen LogP contribution in [0.1, 0.15) is 49.4 Å². The fourth-order valence-electron chi connectivity index (χ4n) is 4.28. The molecule has 34 heavy (non-hydrogen) atoms. The first-order valence-electron chi connectivity index (χ1n) is 11.5. The van der Waals surface area contributed by atoms with Crippen molar-refractivity contribution < 1.29 is 28.3 Å². The number of rotatable bonds is 7. The van der Waals surface area contributed by atoms with Crippen LogP contribution in [0.15, 0.2) is 27.7 Å². The molecule has 0 radical (unpaired) electrons. The number of aliphatic imine (C=N–C) groups is 1. The van der Waals surface area contributed by atoms with E-state index >= 15 is 0 Å². The predicted molar refractivity (Wildman–Crippen MR) is 127 cm³/mol. The summed E-state index contributed by atoms with van der Waals surface area (Å²) in [5, 5.41) is 1.65. The Kier molecular flexibility index (Phi) is 7.28. The number of ether oxygens (including phenoxy) is 2. The van der Waals surface area contributed by atoms with Gasteiger partial charge in [0.15, 0.2) is 5.58 Å². The van der Waals surface area contributed by atoms with E-state index in [4.69, 9.17) is 18.7 Å². The van der Waals surface area contributed by atoms with Crippen molar-refractivity contribution in [3.8, 4) is 0 Å². The minimum atomic E-state index is -0.541. The van der Waals surface area contributed by atoms with Crippen LogP contribution in [0.2, 0.25) is 0 Å². The van der Waals surface area contributed by atoms with Gasteiger partial charge >= 0.3 is 12.0 Å². The number of allylic oxidation sites excluding steroid dienone is 1. The number of hydrogen-bond acceptors (Lipinski definition) is 8. The molecule has 2 atom stereocenters. The van der Waals surface area contributed by atoms with Crippen molar-refractivity contribution in [2.75, 3.05) is 38.8 Å². The van der Waals surface area contributed by atoms with Gasteiger partial charge in [0, 0.05) is 36.9 Å². The van der Waals surface area contributed by atoms with E-state index in [0.717, 1.165) is 17.1 Å². The first-order chi connectivity index (χ1) is 16.5. The van der Waals surface area contributed by atoms with E-state index in [2.05, 4.69) is 9.98 Å². The Balaban J connectivity index is 1.91. The maximum absolute atomic E-state index is 13.4. The fraction of sp³-hybridized carbons (Fsp3) is 0.500. The Morgan fingerprint density at radius 2 is 2.12 bits per heavy atom. The highest BCUT2D eigenvalue weighted by molar-refractivity contribution is 6.14. The molecule has 2 amide bonds. The first-order valence-corrected chi connectivity index (χ1v) is 11.5. The number of carbonyl (C=O) groups is 2. The number of furan rings is 1. The zero-order valence-electron chi connectivity index (χ0n) is 19.9. The summed E-state index contributed by atoms with van der Waals surface area (Å²) >= 11 is 0. The lowest BCUT2D eigenvalue weighted by Gasteiger charge is -2.36. The van der Waals surface area contributed by atoms with E-state index in [-0.39, 0.29) is 24.5 Å². The molecule has 2 aromatic rings. The first kappa shape index (κ1) is 23.9. The molecular formula is C24H30N4O6. The number of amides is 2. The monoisotopic (exact) mass is 470 g/mol. The molecule has 10 heteroatoms. The van der Waals surface area contributed by atoms with Gasteiger partial charge in [0.05, 0.1) is 38.3 Å². The number of nitrogens with zero attached hydrogens (tertiary/aromatic N) is 4. The third kappa shape index (κ3) is 4.55. The number of hydrogen-bond donors (Lipinski definition) is 0. The second-order valence-electron chi connectivity index (χ2n) is 8.13. The maximum atomic E-state index is 13.4. The predicted octanol–water partition coefficient (Wildman–Crippen LogP) is 3.85. The van der Waals surface area contributed by atoms with E-state index in [0.29, 0.717) is 48.3 Å². The third-order valence-corrected chi connectivity index (χ3v) is 6.11. The van der Waals surface area contributed by atoms with Gasteiger partial charge in [-0.25, -0.2) is 9.86 Å². The topological polar surface area (TPSA) is 107 Å². The lowest BCUT2D eigenvalue weighted by Crippen LogP contribution is -2.46. The van der Waals surface area contributed by atoms with Gasteiger partial charge in [-0.05, 0) is 32.3 Å². The smallest absolute Gasteiger partial charge is 0.414 e. The zero-order chi connectivity index (χ0) is 24.2. The van der Waals surface area contributed by atoms with Gasteiger partial charge in [-0.15, -0.1) is 0 Å². The Hall–Kier alpha value is -3.24. The second-order valence-corrected chi connectivity index (χ2v) is 8.13. The van der Waals surface area contributed by atoms with Crippen molar-refractivity contribution in [1.82, 2.24) is 10.0 Å². The quantitative estimate of drug-likeness (QED) is 0.566. The average Bonchev–Trinajstić information content (AvgIpc) is 3.52. The van der Waals surface area contributed by atoms with Crippen molar-refractivity contribution in [3.05, 3.63) is 29.8 Å². The molecule has 0 aliphatic carbocycles. The van der Waals surface area contributed by atoms with E-state index in [1.54, 1.807) is 24.2 Å². The summed E-state index contributed by atoms with van der Waals surface area (Å²) in [5.74, 6) is -0.537. The van der Waals surface area contributed by atoms with Crippen molar-refractivity contribution in [2.24, 2.45) is 4.99 Å². The highest BCUT2D eigenvalue weighted by atomic mass is 16.7. The second kappa shape index (κ2) is 10.4. The number of carbonyl (C=O) groups excluding carboxylic acids is 2. The third-order valence-electron chi connectivity index (χ3n) is 6.11. The normalized spacial score (nSPS) is 19.8. The molecular weight excluding hydrogens is 440 g/mol. The molecule has 1 saturated heterocycles. The summed E-state index contributed by atoms with van der Waals surface area (Å²) in [7, 11) is 2.87. The van der Waals surface area contributed by atoms with Gasteiger partial charge in [-0.3, -0.25) is 24.5 Å². The van der Waals surface area contributed by atoms with Crippen LogP contribution in [-0.4, -0.2) is 74.3 Å². The molecule has 4 heterocycles. The lowest BCUT2D eigenvalue weighted by atomic mass is 9.99. The summed E-state index contributed by atoms with van der Waals surface area (Å²) in [6.45, 7) is 5.09. The van der Waals surface area contributed by atoms with Gasteiger partial charge in [0.2, 0.25) is 5.76 Å². The molecule has 10 nitrogen and oxygen atoms in total. The molecule has 182 valence electrons. The van der Waals surface area contributed by atoms with Crippen LogP contribution in [0.25, 0.3) is 16.5 Å². The number of anilines is 1. The van der Waals surface area contributed by atoms with Crippen molar-refractivity contribution in [2.45, 2.75) is 45.3 Å². The molecule has 1 fully saturated rings. The standard InChI is InChI=1S/C24H30N4O6/c1-5-17-11-16(8-10-33-17)28(24(30)32-6-2)21-18-12-19(15-7-9-25-13-15)26-14-20(18)34-22(21)23(29)27(3)31-4/h7,12-14,16-17H,5-6,8-11H2,1-4H3/t16-,17-/m0/s1. The Morgan fingerprint density at radius 1 is 1.29 bits per heavy atom. The van der Waals surface area contributed by atoms with Gasteiger partial charge in [0.1, 0.15) is 5.69 Å². The van der Waals surface area contributed by atoms with Crippen LogP contribution in [0, 0.1) is 0 Å². The van der Waals surface area contributed by atoms with Crippen LogP contribution in [-0.2, 0) is 14.3 Å². The van der Waals surface area contributed by atoms with Crippen LogP contribution < -0.4 is 4.90 Å². The minimum absolute atomic E-state index is 0.00623. The van der Waals surface area contributed by atoms with Gasteiger partial charge < -0.3 is 13.9 Å². The zero-order valence-corrected chi connectivity index (χ0v) is 19.9. The van der Waals surface area contributed by atoms with Crippen LogP contribution >= 0.6 is 0 Å². The van der Waals surface area contributed by atoms with E-state index in [9.17, 15) is 9.59 Å². The summed E-state index contributed by atoms with van der Waals surface area (Å²) in [4.78, 5) is 42.0.